The molecule has 0 aliphatic heterocycles. The van der Waals surface area contributed by atoms with Crippen LogP contribution in [0.25, 0.3) is 0 Å². The molecule has 0 aliphatic rings. The van der Waals surface area contributed by atoms with E-state index in [0.29, 0.717) is 19.6 Å². The molecule has 0 aliphatic carbocycles. The molecular weight excluding hydrogens is 326 g/mol. The summed E-state index contributed by atoms with van der Waals surface area (Å²) in [4.78, 5) is 13.9. The molecule has 140 valence electrons. The summed E-state index contributed by atoms with van der Waals surface area (Å²) in [6, 6.07) is 12.0. The summed E-state index contributed by atoms with van der Waals surface area (Å²) in [7, 11) is 1.79. The van der Waals surface area contributed by atoms with Crippen LogP contribution in [-0.2, 0) is 17.8 Å². The number of rotatable bonds is 8. The molecule has 0 saturated heterocycles. The van der Waals surface area contributed by atoms with E-state index < -0.39 is 0 Å². The zero-order valence-electron chi connectivity index (χ0n) is 16.5. The Morgan fingerprint density at radius 1 is 1.04 bits per heavy atom. The number of hydrogen-bond acceptors (Lipinski definition) is 3. The van der Waals surface area contributed by atoms with Crippen molar-refractivity contribution in [3.05, 3.63) is 53.1 Å². The summed E-state index contributed by atoms with van der Waals surface area (Å²) in [6.07, 6.45) is 1.45. The molecule has 1 amide bonds. The zero-order valence-corrected chi connectivity index (χ0v) is 16.5. The Balaban J connectivity index is 2.32. The normalized spacial score (nSPS) is 10.5. The maximum atomic E-state index is 12.2. The first-order valence-corrected chi connectivity index (χ1v) is 9.25. The first-order valence-electron chi connectivity index (χ1n) is 9.25. The van der Waals surface area contributed by atoms with Crippen molar-refractivity contribution in [2.75, 3.05) is 18.6 Å². The first kappa shape index (κ1) is 19.8. The Kier molecular flexibility index (Phi) is 7.07. The summed E-state index contributed by atoms with van der Waals surface area (Å²) in [5, 5.41) is 0. The lowest BCUT2D eigenvalue weighted by Gasteiger charge is -2.23. The lowest BCUT2D eigenvalue weighted by molar-refractivity contribution is -0.118. The van der Waals surface area contributed by atoms with Gasteiger partial charge in [0.2, 0.25) is 5.91 Å². The highest BCUT2D eigenvalue weighted by molar-refractivity contribution is 5.93. The fraction of sp³-hybridized carbons (Fsp3) is 0.409. The third-order valence-electron chi connectivity index (χ3n) is 4.47. The number of amides is 1. The average molecular weight is 355 g/mol. The number of benzene rings is 2. The molecular formula is C22H29NO3. The van der Waals surface area contributed by atoms with E-state index in [4.69, 9.17) is 9.47 Å². The molecule has 0 spiro atoms. The standard InChI is InChI=1S/C22H29NO3/c1-6-17-12-13-20(16(4)14-17)26-15-18-19(23(5)22(24)7-2)10-9-11-21(18)25-8-3/h9-14H,6-8,15H2,1-5H3. The van der Waals surface area contributed by atoms with Gasteiger partial charge in [0.05, 0.1) is 17.9 Å². The highest BCUT2D eigenvalue weighted by Crippen LogP contribution is 2.31. The largest absolute Gasteiger partial charge is 0.493 e. The molecule has 2 aromatic carbocycles. The van der Waals surface area contributed by atoms with Gasteiger partial charge in [0.15, 0.2) is 0 Å². The number of aryl methyl sites for hydroxylation is 2. The summed E-state index contributed by atoms with van der Waals surface area (Å²) in [5.41, 5.74) is 4.11. The van der Waals surface area contributed by atoms with E-state index in [1.807, 2.05) is 38.1 Å². The Bertz CT molecular complexity index is 755. The number of nitrogens with zero attached hydrogens (tertiary/aromatic N) is 1. The first-order chi connectivity index (χ1) is 12.5. The number of ether oxygens (including phenoxy) is 2. The van der Waals surface area contributed by atoms with Gasteiger partial charge in [0, 0.05) is 13.5 Å². The highest BCUT2D eigenvalue weighted by atomic mass is 16.5. The van der Waals surface area contributed by atoms with Gasteiger partial charge in [-0.1, -0.05) is 32.0 Å². The third kappa shape index (κ3) is 4.57. The molecule has 4 nitrogen and oxygen atoms in total. The van der Waals surface area contributed by atoms with Gasteiger partial charge in [-0.25, -0.2) is 0 Å². The zero-order chi connectivity index (χ0) is 19.1. The third-order valence-corrected chi connectivity index (χ3v) is 4.47. The Morgan fingerprint density at radius 2 is 1.81 bits per heavy atom. The Hall–Kier alpha value is -2.49. The second-order valence-electron chi connectivity index (χ2n) is 6.24. The SMILES string of the molecule is CCOc1cccc(N(C)C(=O)CC)c1COc1ccc(CC)cc1C. The second-order valence-corrected chi connectivity index (χ2v) is 6.24. The van der Waals surface area contributed by atoms with E-state index in [-0.39, 0.29) is 5.91 Å². The highest BCUT2D eigenvalue weighted by Gasteiger charge is 2.17. The van der Waals surface area contributed by atoms with Gasteiger partial charge in [-0.15, -0.1) is 0 Å². The summed E-state index contributed by atoms with van der Waals surface area (Å²) in [6.45, 7) is 8.91. The molecule has 4 heteroatoms. The van der Waals surface area contributed by atoms with Crippen LogP contribution in [0.1, 0.15) is 43.9 Å². The smallest absolute Gasteiger partial charge is 0.226 e. The fourth-order valence-corrected chi connectivity index (χ4v) is 2.92. The minimum Gasteiger partial charge on any atom is -0.493 e. The van der Waals surface area contributed by atoms with Crippen molar-refractivity contribution in [3.8, 4) is 11.5 Å². The van der Waals surface area contributed by atoms with Gasteiger partial charge >= 0.3 is 0 Å². The molecule has 0 bridgehead atoms. The number of hydrogen-bond donors (Lipinski definition) is 0. The van der Waals surface area contributed by atoms with Crippen LogP contribution in [0, 0.1) is 6.92 Å². The van der Waals surface area contributed by atoms with Crippen molar-refractivity contribution in [1.29, 1.82) is 0 Å². The maximum absolute atomic E-state index is 12.2. The minimum absolute atomic E-state index is 0.0587. The lowest BCUT2D eigenvalue weighted by Crippen LogP contribution is -2.26. The van der Waals surface area contributed by atoms with Gasteiger partial charge in [0.25, 0.3) is 0 Å². The Morgan fingerprint density at radius 3 is 2.42 bits per heavy atom. The van der Waals surface area contributed by atoms with Gasteiger partial charge in [-0.3, -0.25) is 4.79 Å². The van der Waals surface area contributed by atoms with E-state index in [0.717, 1.165) is 34.7 Å². The van der Waals surface area contributed by atoms with Crippen molar-refractivity contribution in [2.24, 2.45) is 0 Å². The van der Waals surface area contributed by atoms with Crippen LogP contribution in [0.3, 0.4) is 0 Å². The molecule has 0 unspecified atom stereocenters. The second kappa shape index (κ2) is 9.27. The maximum Gasteiger partial charge on any atom is 0.226 e. The van der Waals surface area contributed by atoms with Crippen molar-refractivity contribution in [3.63, 3.8) is 0 Å². The van der Waals surface area contributed by atoms with Gasteiger partial charge < -0.3 is 14.4 Å². The molecule has 26 heavy (non-hydrogen) atoms. The molecule has 0 fully saturated rings. The topological polar surface area (TPSA) is 38.8 Å². The van der Waals surface area contributed by atoms with Crippen molar-refractivity contribution >= 4 is 11.6 Å². The van der Waals surface area contributed by atoms with Gasteiger partial charge in [-0.2, -0.15) is 0 Å². The summed E-state index contributed by atoms with van der Waals surface area (Å²) in [5.74, 6) is 1.66. The van der Waals surface area contributed by atoms with Crippen LogP contribution in [-0.4, -0.2) is 19.6 Å². The van der Waals surface area contributed by atoms with Crippen LogP contribution >= 0.6 is 0 Å². The van der Waals surface area contributed by atoms with E-state index in [2.05, 4.69) is 26.0 Å². The number of carbonyl (C=O) groups is 1. The molecule has 0 radical (unpaired) electrons. The number of anilines is 1. The van der Waals surface area contributed by atoms with Crippen molar-refractivity contribution in [2.45, 2.75) is 47.1 Å². The van der Waals surface area contributed by atoms with Crippen molar-refractivity contribution < 1.29 is 14.3 Å². The van der Waals surface area contributed by atoms with Crippen molar-refractivity contribution in [1.82, 2.24) is 0 Å². The molecule has 2 aromatic rings. The van der Waals surface area contributed by atoms with E-state index in [1.54, 1.807) is 11.9 Å². The van der Waals surface area contributed by atoms with E-state index in [9.17, 15) is 4.79 Å². The van der Waals surface area contributed by atoms with Crippen LogP contribution in [0.5, 0.6) is 11.5 Å². The quantitative estimate of drug-likeness (QED) is 0.675. The minimum atomic E-state index is 0.0587. The van der Waals surface area contributed by atoms with Gasteiger partial charge in [-0.05, 0) is 49.6 Å². The molecule has 0 heterocycles. The molecule has 0 N–H and O–H groups in total. The molecule has 2 rings (SSSR count). The summed E-state index contributed by atoms with van der Waals surface area (Å²) >= 11 is 0. The predicted octanol–water partition coefficient (Wildman–Crippen LogP) is 4.91. The molecule has 0 aromatic heterocycles. The van der Waals surface area contributed by atoms with E-state index >= 15 is 0 Å². The molecule has 0 atom stereocenters. The van der Waals surface area contributed by atoms with Crippen LogP contribution in [0.15, 0.2) is 36.4 Å². The van der Waals surface area contributed by atoms with Crippen LogP contribution < -0.4 is 14.4 Å². The molecule has 0 saturated carbocycles. The van der Waals surface area contributed by atoms with Gasteiger partial charge in [0.1, 0.15) is 18.1 Å². The van der Waals surface area contributed by atoms with Crippen LogP contribution in [0.4, 0.5) is 5.69 Å². The predicted molar refractivity (Wildman–Crippen MR) is 106 cm³/mol. The fourth-order valence-electron chi connectivity index (χ4n) is 2.92. The average Bonchev–Trinajstić information content (AvgIpc) is 2.66. The van der Waals surface area contributed by atoms with Crippen LogP contribution in [0.2, 0.25) is 0 Å². The Labute approximate surface area is 156 Å². The lowest BCUT2D eigenvalue weighted by atomic mass is 10.1. The van der Waals surface area contributed by atoms with E-state index in [1.165, 1.54) is 5.56 Å². The summed E-state index contributed by atoms with van der Waals surface area (Å²) < 4.78 is 11.9. The number of carbonyl (C=O) groups excluding carboxylic acids is 1. The monoisotopic (exact) mass is 355 g/mol.